The van der Waals surface area contributed by atoms with Gasteiger partial charge in [-0.25, -0.2) is 0 Å². The molecule has 1 rings (SSSR count). The van der Waals surface area contributed by atoms with Crippen molar-refractivity contribution in [2.45, 2.75) is 25.6 Å². The minimum Gasteiger partial charge on any atom is -0.380 e. The number of halogens is 4. The highest BCUT2D eigenvalue weighted by Gasteiger charge is 2.31. The normalized spacial score (nSPS) is 12.9. The maximum Gasteiger partial charge on any atom is 0.416 e. The molecule has 0 aliphatic carbocycles. The molecule has 1 aromatic carbocycles. The van der Waals surface area contributed by atoms with Crippen molar-refractivity contribution in [2.24, 2.45) is 5.73 Å². The Balaban J connectivity index is 2.85. The molecule has 0 aliphatic heterocycles. The van der Waals surface area contributed by atoms with E-state index in [0.717, 1.165) is 12.1 Å². The number of hydrogen-bond acceptors (Lipinski definition) is 3. The Bertz CT molecular complexity index is 494. The summed E-state index contributed by atoms with van der Waals surface area (Å²) in [6, 6.07) is 2.66. The number of nitrogens with two attached hydrogens (primary N) is 1. The van der Waals surface area contributed by atoms with Crippen LogP contribution in [-0.2, 0) is 11.0 Å². The molecule has 8 heteroatoms. The summed E-state index contributed by atoms with van der Waals surface area (Å²) in [7, 11) is 0. The number of carbonyl (C=O) groups excluding carboxylic acids is 1. The van der Waals surface area contributed by atoms with Crippen molar-refractivity contribution in [2.75, 3.05) is 18.4 Å². The van der Waals surface area contributed by atoms with E-state index in [1.807, 2.05) is 0 Å². The molecule has 0 saturated heterocycles. The van der Waals surface area contributed by atoms with Crippen molar-refractivity contribution in [3.05, 3.63) is 28.8 Å². The zero-order chi connectivity index (χ0) is 16.0. The quantitative estimate of drug-likeness (QED) is 0.754. The molecular formula is C13H17ClF3N3O. The number of rotatable bonds is 6. The van der Waals surface area contributed by atoms with Gasteiger partial charge in [0.2, 0.25) is 5.91 Å². The first-order valence-corrected chi connectivity index (χ1v) is 6.75. The van der Waals surface area contributed by atoms with Crippen LogP contribution in [0.15, 0.2) is 18.2 Å². The van der Waals surface area contributed by atoms with Crippen molar-refractivity contribution < 1.29 is 18.0 Å². The molecule has 1 atom stereocenters. The first kappa shape index (κ1) is 17.6. The van der Waals surface area contributed by atoms with Gasteiger partial charge < -0.3 is 16.4 Å². The van der Waals surface area contributed by atoms with Gasteiger partial charge in [-0.15, -0.1) is 0 Å². The van der Waals surface area contributed by atoms with Crippen LogP contribution >= 0.6 is 11.6 Å². The van der Waals surface area contributed by atoms with Crippen LogP contribution < -0.4 is 16.4 Å². The highest BCUT2D eigenvalue weighted by atomic mass is 35.5. The summed E-state index contributed by atoms with van der Waals surface area (Å²) in [6.07, 6.45) is -4.42. The van der Waals surface area contributed by atoms with Gasteiger partial charge in [0.05, 0.1) is 5.56 Å². The molecule has 118 valence electrons. The Morgan fingerprint density at radius 2 is 2.05 bits per heavy atom. The summed E-state index contributed by atoms with van der Waals surface area (Å²) in [5.74, 6) is -0.224. The number of anilines is 1. The van der Waals surface area contributed by atoms with Crippen LogP contribution in [0.3, 0.4) is 0 Å². The van der Waals surface area contributed by atoms with Gasteiger partial charge in [-0.05, 0) is 25.1 Å². The molecule has 21 heavy (non-hydrogen) atoms. The van der Waals surface area contributed by atoms with E-state index < -0.39 is 17.8 Å². The van der Waals surface area contributed by atoms with Gasteiger partial charge in [-0.2, -0.15) is 13.2 Å². The van der Waals surface area contributed by atoms with Crippen LogP contribution in [0.25, 0.3) is 0 Å². The second-order valence-corrected chi connectivity index (χ2v) is 4.90. The Morgan fingerprint density at radius 3 is 2.57 bits per heavy atom. The van der Waals surface area contributed by atoms with Crippen LogP contribution in [-0.4, -0.2) is 25.0 Å². The Hall–Kier alpha value is -1.47. The van der Waals surface area contributed by atoms with Gasteiger partial charge in [0.1, 0.15) is 0 Å². The average molecular weight is 324 g/mol. The van der Waals surface area contributed by atoms with E-state index in [1.165, 1.54) is 6.07 Å². The minimum atomic E-state index is -4.49. The maximum atomic E-state index is 12.7. The van der Waals surface area contributed by atoms with Gasteiger partial charge in [-0.3, -0.25) is 4.79 Å². The lowest BCUT2D eigenvalue weighted by Gasteiger charge is -2.19. The number of carbonyl (C=O) groups is 1. The third-order valence-electron chi connectivity index (χ3n) is 2.69. The molecule has 0 radical (unpaired) electrons. The molecule has 0 saturated carbocycles. The van der Waals surface area contributed by atoms with E-state index in [9.17, 15) is 18.0 Å². The highest BCUT2D eigenvalue weighted by Crippen LogP contribution is 2.33. The molecular weight excluding hydrogens is 307 g/mol. The lowest BCUT2D eigenvalue weighted by atomic mass is 10.1. The largest absolute Gasteiger partial charge is 0.416 e. The van der Waals surface area contributed by atoms with Gasteiger partial charge in [0.25, 0.3) is 0 Å². The van der Waals surface area contributed by atoms with Gasteiger partial charge in [-0.1, -0.05) is 11.6 Å². The van der Waals surface area contributed by atoms with Gasteiger partial charge in [0.15, 0.2) is 0 Å². The third kappa shape index (κ3) is 5.81. The lowest BCUT2D eigenvalue weighted by Crippen LogP contribution is -2.35. The summed E-state index contributed by atoms with van der Waals surface area (Å²) in [6.45, 7) is 2.35. The van der Waals surface area contributed by atoms with Gasteiger partial charge in [0, 0.05) is 36.3 Å². The van der Waals surface area contributed by atoms with Crippen molar-refractivity contribution in [1.82, 2.24) is 5.32 Å². The lowest BCUT2D eigenvalue weighted by molar-refractivity contribution is -0.137. The summed E-state index contributed by atoms with van der Waals surface area (Å²) in [5.41, 5.74) is 4.85. The van der Waals surface area contributed by atoms with Crippen molar-refractivity contribution in [3.63, 3.8) is 0 Å². The molecule has 1 aromatic rings. The van der Waals surface area contributed by atoms with Crippen LogP contribution in [0.1, 0.15) is 18.9 Å². The summed E-state index contributed by atoms with van der Waals surface area (Å²) < 4.78 is 38.1. The number of nitrogens with one attached hydrogen (secondary N) is 2. The van der Waals surface area contributed by atoms with Crippen LogP contribution in [0.2, 0.25) is 5.02 Å². The topological polar surface area (TPSA) is 67.2 Å². The predicted octanol–water partition coefficient (Wildman–Crippen LogP) is 2.62. The molecule has 4 nitrogen and oxygen atoms in total. The molecule has 1 unspecified atom stereocenters. The monoisotopic (exact) mass is 323 g/mol. The SMILES string of the molecule is CCNC(=O)CC(CN)Nc1cc(Cl)cc(C(F)(F)F)c1. The molecule has 0 aliphatic rings. The fraction of sp³-hybridized carbons (Fsp3) is 0.462. The molecule has 1 amide bonds. The highest BCUT2D eigenvalue weighted by molar-refractivity contribution is 6.30. The zero-order valence-corrected chi connectivity index (χ0v) is 12.2. The molecule has 0 bridgehead atoms. The molecule has 0 aromatic heterocycles. The minimum absolute atomic E-state index is 0.0406. The summed E-state index contributed by atoms with van der Waals surface area (Å²) in [5, 5.41) is 5.36. The Labute approximate surface area is 125 Å². The fourth-order valence-corrected chi connectivity index (χ4v) is 1.99. The van der Waals surface area contributed by atoms with E-state index >= 15 is 0 Å². The zero-order valence-electron chi connectivity index (χ0n) is 11.4. The van der Waals surface area contributed by atoms with E-state index in [0.29, 0.717) is 6.54 Å². The number of hydrogen-bond donors (Lipinski definition) is 3. The van der Waals surface area contributed by atoms with Crippen LogP contribution in [0, 0.1) is 0 Å². The van der Waals surface area contributed by atoms with E-state index in [2.05, 4.69) is 10.6 Å². The number of benzene rings is 1. The van der Waals surface area contributed by atoms with E-state index in [1.54, 1.807) is 6.92 Å². The van der Waals surface area contributed by atoms with Crippen molar-refractivity contribution in [3.8, 4) is 0 Å². The Kier molecular flexibility index (Phi) is 6.29. The van der Waals surface area contributed by atoms with Crippen molar-refractivity contribution >= 4 is 23.2 Å². The second kappa shape index (κ2) is 7.51. The smallest absolute Gasteiger partial charge is 0.380 e. The predicted molar refractivity (Wildman–Crippen MR) is 76.2 cm³/mol. The number of amides is 1. The van der Waals surface area contributed by atoms with E-state index in [4.69, 9.17) is 17.3 Å². The molecule has 0 spiro atoms. The molecule has 0 fully saturated rings. The second-order valence-electron chi connectivity index (χ2n) is 4.46. The third-order valence-corrected chi connectivity index (χ3v) is 2.90. The first-order chi connectivity index (χ1) is 9.76. The Morgan fingerprint density at radius 1 is 1.38 bits per heavy atom. The fourth-order valence-electron chi connectivity index (χ4n) is 1.76. The van der Waals surface area contributed by atoms with Crippen LogP contribution in [0.5, 0.6) is 0 Å². The van der Waals surface area contributed by atoms with Crippen molar-refractivity contribution in [1.29, 1.82) is 0 Å². The maximum absolute atomic E-state index is 12.7. The van der Waals surface area contributed by atoms with E-state index in [-0.39, 0.29) is 29.6 Å². The molecule has 0 heterocycles. The van der Waals surface area contributed by atoms with Gasteiger partial charge >= 0.3 is 6.18 Å². The average Bonchev–Trinajstić information content (AvgIpc) is 2.36. The van der Waals surface area contributed by atoms with Crippen LogP contribution in [0.4, 0.5) is 18.9 Å². The summed E-state index contributed by atoms with van der Waals surface area (Å²) >= 11 is 5.69. The number of alkyl halides is 3. The first-order valence-electron chi connectivity index (χ1n) is 6.37. The summed E-state index contributed by atoms with van der Waals surface area (Å²) in [4.78, 5) is 11.5. The molecule has 4 N–H and O–H groups in total. The standard InChI is InChI=1S/C13H17ClF3N3O/c1-2-19-12(21)6-11(7-18)20-10-4-8(13(15,16)17)3-9(14)5-10/h3-5,11,20H,2,6-7,18H2,1H3,(H,19,21).